The van der Waals surface area contributed by atoms with E-state index in [1.807, 2.05) is 32.0 Å². The van der Waals surface area contributed by atoms with Gasteiger partial charge in [-0.25, -0.2) is 0 Å². The fourth-order valence-corrected chi connectivity index (χ4v) is 2.51. The van der Waals surface area contributed by atoms with Crippen LogP contribution >= 0.6 is 0 Å². The minimum absolute atomic E-state index is 0.120. The van der Waals surface area contributed by atoms with Crippen LogP contribution in [-0.4, -0.2) is 38.6 Å². The molecule has 0 heterocycles. The second-order valence-corrected chi connectivity index (χ2v) is 6.40. The molecule has 6 nitrogen and oxygen atoms in total. The first kappa shape index (κ1) is 20.5. The number of ether oxygens (including phenoxy) is 1. The molecule has 0 aromatic heterocycles. The van der Waals surface area contributed by atoms with Crippen LogP contribution in [0.1, 0.15) is 27.9 Å². The van der Waals surface area contributed by atoms with E-state index in [1.165, 1.54) is 0 Å². The first-order valence-electron chi connectivity index (χ1n) is 8.98. The number of rotatable bonds is 9. The van der Waals surface area contributed by atoms with Gasteiger partial charge in [0.2, 0.25) is 5.91 Å². The molecule has 0 radical (unpaired) electrons. The maximum atomic E-state index is 12.1. The molecule has 0 aliphatic rings. The lowest BCUT2D eigenvalue weighted by Gasteiger charge is -2.11. The number of methoxy groups -OCH3 is 1. The van der Waals surface area contributed by atoms with E-state index >= 15 is 0 Å². The van der Waals surface area contributed by atoms with Crippen LogP contribution in [0.25, 0.3) is 0 Å². The van der Waals surface area contributed by atoms with Crippen molar-refractivity contribution >= 4 is 23.2 Å². The molecule has 2 amide bonds. The van der Waals surface area contributed by atoms with Gasteiger partial charge in [-0.05, 0) is 61.7 Å². The Balaban J connectivity index is 1.81. The highest BCUT2D eigenvalue weighted by Crippen LogP contribution is 2.16. The molecule has 0 atom stereocenters. The summed E-state index contributed by atoms with van der Waals surface area (Å²) in [6.07, 6.45) is 0.775. The molecule has 0 fully saturated rings. The third-order valence-corrected chi connectivity index (χ3v) is 4.08. The molecule has 27 heavy (non-hydrogen) atoms. The van der Waals surface area contributed by atoms with E-state index in [0.29, 0.717) is 18.7 Å². The summed E-state index contributed by atoms with van der Waals surface area (Å²) in [4.78, 5) is 24.2. The van der Waals surface area contributed by atoms with Crippen molar-refractivity contribution in [3.63, 3.8) is 0 Å². The zero-order valence-corrected chi connectivity index (χ0v) is 16.1. The average Bonchev–Trinajstić information content (AvgIpc) is 2.67. The number of carbonyl (C=O) groups is 2. The lowest BCUT2D eigenvalue weighted by Crippen LogP contribution is -2.25. The van der Waals surface area contributed by atoms with Gasteiger partial charge in [-0.2, -0.15) is 0 Å². The number of carbonyl (C=O) groups excluding carboxylic acids is 2. The highest BCUT2D eigenvalue weighted by atomic mass is 16.5. The molecular weight excluding hydrogens is 342 g/mol. The summed E-state index contributed by atoms with van der Waals surface area (Å²) in [6, 6.07) is 13.0. The fraction of sp³-hybridized carbons (Fsp3) is 0.333. The van der Waals surface area contributed by atoms with Crippen LogP contribution in [0.2, 0.25) is 0 Å². The summed E-state index contributed by atoms with van der Waals surface area (Å²) in [5.74, 6) is -0.242. The highest BCUT2D eigenvalue weighted by molar-refractivity contribution is 5.95. The van der Waals surface area contributed by atoms with Gasteiger partial charge in [-0.3, -0.25) is 9.59 Å². The summed E-state index contributed by atoms with van der Waals surface area (Å²) >= 11 is 0. The number of hydrogen-bond acceptors (Lipinski definition) is 4. The van der Waals surface area contributed by atoms with Gasteiger partial charge in [0.05, 0.1) is 6.54 Å². The molecule has 0 aliphatic carbocycles. The number of benzene rings is 2. The molecule has 0 unspecified atom stereocenters. The molecule has 0 saturated heterocycles. The van der Waals surface area contributed by atoms with Crippen molar-refractivity contribution in [2.45, 2.75) is 20.3 Å². The maximum absolute atomic E-state index is 12.1. The van der Waals surface area contributed by atoms with E-state index in [-0.39, 0.29) is 18.4 Å². The lowest BCUT2D eigenvalue weighted by molar-refractivity contribution is -0.114. The number of anilines is 2. The number of nitrogens with one attached hydrogen (secondary N) is 3. The molecule has 0 spiro atoms. The van der Waals surface area contributed by atoms with E-state index in [9.17, 15) is 9.59 Å². The Morgan fingerprint density at radius 2 is 1.78 bits per heavy atom. The van der Waals surface area contributed by atoms with Crippen LogP contribution in [0, 0.1) is 13.8 Å². The van der Waals surface area contributed by atoms with Gasteiger partial charge in [0.1, 0.15) is 0 Å². The zero-order chi connectivity index (χ0) is 19.6. The van der Waals surface area contributed by atoms with E-state index in [1.54, 1.807) is 31.4 Å². The van der Waals surface area contributed by atoms with Crippen LogP contribution in [0.5, 0.6) is 0 Å². The van der Waals surface area contributed by atoms with Crippen molar-refractivity contribution in [1.82, 2.24) is 5.32 Å². The smallest absolute Gasteiger partial charge is 0.251 e. The molecule has 3 N–H and O–H groups in total. The molecule has 0 saturated carbocycles. The minimum Gasteiger partial charge on any atom is -0.385 e. The first-order valence-corrected chi connectivity index (χ1v) is 8.98. The van der Waals surface area contributed by atoms with Gasteiger partial charge in [-0.15, -0.1) is 0 Å². The second-order valence-electron chi connectivity index (χ2n) is 6.40. The molecular formula is C21H27N3O3. The second kappa shape index (κ2) is 10.3. The summed E-state index contributed by atoms with van der Waals surface area (Å²) in [5.41, 5.74) is 4.30. The van der Waals surface area contributed by atoms with Crippen molar-refractivity contribution < 1.29 is 14.3 Å². The Morgan fingerprint density at radius 3 is 2.48 bits per heavy atom. The van der Waals surface area contributed by atoms with Gasteiger partial charge in [0.15, 0.2) is 0 Å². The van der Waals surface area contributed by atoms with Crippen molar-refractivity contribution in [3.05, 3.63) is 59.2 Å². The van der Waals surface area contributed by atoms with Crippen molar-refractivity contribution in [1.29, 1.82) is 0 Å². The predicted molar refractivity (Wildman–Crippen MR) is 108 cm³/mol. The zero-order valence-electron chi connectivity index (χ0n) is 16.1. The van der Waals surface area contributed by atoms with Crippen molar-refractivity contribution in [2.24, 2.45) is 0 Å². The monoisotopic (exact) mass is 369 g/mol. The van der Waals surface area contributed by atoms with Gasteiger partial charge in [0, 0.05) is 37.2 Å². The number of hydrogen-bond donors (Lipinski definition) is 3. The van der Waals surface area contributed by atoms with E-state index in [0.717, 1.165) is 28.9 Å². The lowest BCUT2D eigenvalue weighted by atomic mass is 10.1. The fourth-order valence-electron chi connectivity index (χ4n) is 2.51. The third kappa shape index (κ3) is 6.75. The summed E-state index contributed by atoms with van der Waals surface area (Å²) in [7, 11) is 1.63. The van der Waals surface area contributed by atoms with Crippen LogP contribution in [0.4, 0.5) is 11.4 Å². The number of aryl methyl sites for hydroxylation is 2. The Labute approximate surface area is 160 Å². The summed E-state index contributed by atoms with van der Waals surface area (Å²) in [6.45, 7) is 5.29. The predicted octanol–water partition coefficient (Wildman–Crippen LogP) is 3.12. The Hall–Kier alpha value is -2.86. The molecule has 0 aliphatic heterocycles. The highest BCUT2D eigenvalue weighted by Gasteiger charge is 2.07. The third-order valence-electron chi connectivity index (χ3n) is 4.08. The maximum Gasteiger partial charge on any atom is 0.251 e. The molecule has 144 valence electrons. The van der Waals surface area contributed by atoms with Crippen LogP contribution in [-0.2, 0) is 9.53 Å². The van der Waals surface area contributed by atoms with E-state index in [4.69, 9.17) is 4.74 Å². The molecule has 2 aromatic carbocycles. The summed E-state index contributed by atoms with van der Waals surface area (Å²) in [5, 5.41) is 8.81. The van der Waals surface area contributed by atoms with Crippen molar-refractivity contribution in [2.75, 3.05) is 37.4 Å². The Morgan fingerprint density at radius 1 is 1.04 bits per heavy atom. The summed E-state index contributed by atoms with van der Waals surface area (Å²) < 4.78 is 4.95. The molecule has 6 heteroatoms. The normalized spacial score (nSPS) is 10.3. The topological polar surface area (TPSA) is 79.5 Å². The van der Waals surface area contributed by atoms with Crippen LogP contribution < -0.4 is 16.0 Å². The van der Waals surface area contributed by atoms with E-state index < -0.39 is 0 Å². The quantitative estimate of drug-likeness (QED) is 0.594. The first-order chi connectivity index (χ1) is 13.0. The number of amides is 2. The minimum atomic E-state index is -0.122. The molecule has 2 rings (SSSR count). The molecule has 2 aromatic rings. The standard InChI is InChI=1S/C21H27N3O3/c1-15-5-6-16(2)19(13-15)24-20(25)14-23-18-9-7-17(8-10-18)21(26)22-11-4-12-27-3/h5-10,13,23H,4,11-12,14H2,1-3H3,(H,22,26)(H,24,25). The van der Waals surface area contributed by atoms with E-state index in [2.05, 4.69) is 16.0 Å². The Kier molecular flexibility index (Phi) is 7.82. The van der Waals surface area contributed by atoms with Crippen LogP contribution in [0.3, 0.4) is 0 Å². The SMILES string of the molecule is COCCCNC(=O)c1ccc(NCC(=O)Nc2cc(C)ccc2C)cc1. The van der Waals surface area contributed by atoms with Gasteiger partial charge >= 0.3 is 0 Å². The van der Waals surface area contributed by atoms with Crippen LogP contribution in [0.15, 0.2) is 42.5 Å². The average molecular weight is 369 g/mol. The van der Waals surface area contributed by atoms with Gasteiger partial charge < -0.3 is 20.7 Å². The van der Waals surface area contributed by atoms with Gasteiger partial charge in [-0.1, -0.05) is 12.1 Å². The van der Waals surface area contributed by atoms with Crippen molar-refractivity contribution in [3.8, 4) is 0 Å². The Bertz CT molecular complexity index is 773. The van der Waals surface area contributed by atoms with Gasteiger partial charge in [0.25, 0.3) is 5.91 Å². The largest absolute Gasteiger partial charge is 0.385 e. The molecule has 0 bridgehead atoms.